The zero-order valence-electron chi connectivity index (χ0n) is 9.32. The summed E-state index contributed by atoms with van der Waals surface area (Å²) in [6.07, 6.45) is 2.57. The lowest BCUT2D eigenvalue weighted by molar-refractivity contribution is 0.102. The van der Waals surface area contributed by atoms with Crippen molar-refractivity contribution in [2.75, 3.05) is 11.1 Å². The van der Waals surface area contributed by atoms with E-state index in [0.717, 1.165) is 0 Å². The number of benzene rings is 1. The van der Waals surface area contributed by atoms with Crippen molar-refractivity contribution >= 4 is 56.5 Å². The van der Waals surface area contributed by atoms with E-state index in [0.29, 0.717) is 15.2 Å². The van der Waals surface area contributed by atoms with Gasteiger partial charge >= 0.3 is 0 Å². The maximum atomic E-state index is 11.9. The van der Waals surface area contributed by atoms with Gasteiger partial charge in [0.1, 0.15) is 11.5 Å². The third-order valence-corrected chi connectivity index (χ3v) is 3.96. The fourth-order valence-corrected chi connectivity index (χ4v) is 2.09. The van der Waals surface area contributed by atoms with Crippen LogP contribution in [0.4, 0.5) is 11.5 Å². The zero-order chi connectivity index (χ0) is 14.0. The molecule has 2 aromatic rings. The van der Waals surface area contributed by atoms with Crippen molar-refractivity contribution in [3.63, 3.8) is 0 Å². The summed E-state index contributed by atoms with van der Waals surface area (Å²) in [5.74, 6) is -0.214. The van der Waals surface area contributed by atoms with Gasteiger partial charge in [-0.25, -0.2) is 9.97 Å². The molecular formula is C11H7BrCl2N4O. The maximum absolute atomic E-state index is 11.9. The standard InChI is InChI=1S/C11H7BrCl2N4O/c12-5-1-2-6(10(14)9(5)13)18-11(19)7-3-17-8(15)4-16-7/h1-4H,(H2,15,17)(H,18,19). The molecule has 0 saturated heterocycles. The predicted molar refractivity (Wildman–Crippen MR) is 78.6 cm³/mol. The van der Waals surface area contributed by atoms with E-state index in [-0.39, 0.29) is 16.5 Å². The van der Waals surface area contributed by atoms with Crippen molar-refractivity contribution in [3.05, 3.63) is 44.7 Å². The molecule has 1 aromatic heterocycles. The van der Waals surface area contributed by atoms with Crippen LogP contribution in [-0.2, 0) is 0 Å². The molecule has 1 amide bonds. The van der Waals surface area contributed by atoms with E-state index in [2.05, 4.69) is 31.2 Å². The number of nitrogens with zero attached hydrogens (tertiary/aromatic N) is 2. The minimum Gasteiger partial charge on any atom is -0.382 e. The van der Waals surface area contributed by atoms with Gasteiger partial charge in [0, 0.05) is 4.47 Å². The third-order valence-electron chi connectivity index (χ3n) is 2.19. The fraction of sp³-hybridized carbons (Fsp3) is 0. The number of nitrogen functional groups attached to an aromatic ring is 1. The van der Waals surface area contributed by atoms with Crippen molar-refractivity contribution < 1.29 is 4.79 Å². The molecule has 98 valence electrons. The lowest BCUT2D eigenvalue weighted by Crippen LogP contribution is -2.14. The normalized spacial score (nSPS) is 10.3. The average molecular weight is 362 g/mol. The van der Waals surface area contributed by atoms with Crippen LogP contribution in [0.5, 0.6) is 0 Å². The van der Waals surface area contributed by atoms with E-state index in [4.69, 9.17) is 28.9 Å². The lowest BCUT2D eigenvalue weighted by atomic mass is 10.3. The number of hydrogen-bond acceptors (Lipinski definition) is 4. The Morgan fingerprint density at radius 2 is 1.95 bits per heavy atom. The van der Waals surface area contributed by atoms with Crippen molar-refractivity contribution in [3.8, 4) is 0 Å². The SMILES string of the molecule is Nc1cnc(C(=O)Nc2ccc(Br)c(Cl)c2Cl)cn1. The molecule has 0 aliphatic carbocycles. The van der Waals surface area contributed by atoms with Crippen LogP contribution >= 0.6 is 39.1 Å². The van der Waals surface area contributed by atoms with E-state index in [9.17, 15) is 4.79 Å². The minimum atomic E-state index is -0.451. The van der Waals surface area contributed by atoms with E-state index in [1.165, 1.54) is 12.4 Å². The molecule has 3 N–H and O–H groups in total. The summed E-state index contributed by atoms with van der Waals surface area (Å²) in [5.41, 5.74) is 5.91. The molecule has 0 aliphatic heterocycles. The van der Waals surface area contributed by atoms with Crippen LogP contribution in [0.2, 0.25) is 10.0 Å². The summed E-state index contributed by atoms with van der Waals surface area (Å²) in [6, 6.07) is 3.30. The molecule has 0 aliphatic rings. The smallest absolute Gasteiger partial charge is 0.275 e. The van der Waals surface area contributed by atoms with Gasteiger partial charge in [0.05, 0.1) is 28.1 Å². The van der Waals surface area contributed by atoms with Crippen LogP contribution < -0.4 is 11.1 Å². The number of nitrogens with one attached hydrogen (secondary N) is 1. The van der Waals surface area contributed by atoms with Crippen LogP contribution in [0.15, 0.2) is 29.0 Å². The number of anilines is 2. The molecule has 0 unspecified atom stereocenters. The Labute approximate surface area is 127 Å². The summed E-state index contributed by atoms with van der Waals surface area (Å²) in [4.78, 5) is 19.5. The first-order valence-corrected chi connectivity index (χ1v) is 6.56. The van der Waals surface area contributed by atoms with Gasteiger partial charge < -0.3 is 11.1 Å². The van der Waals surface area contributed by atoms with Gasteiger partial charge in [0.15, 0.2) is 0 Å². The largest absolute Gasteiger partial charge is 0.382 e. The molecule has 0 radical (unpaired) electrons. The predicted octanol–water partition coefficient (Wildman–Crippen LogP) is 3.38. The number of rotatable bonds is 2. The Morgan fingerprint density at radius 1 is 1.21 bits per heavy atom. The molecule has 0 fully saturated rings. The maximum Gasteiger partial charge on any atom is 0.275 e. The number of carbonyl (C=O) groups excluding carboxylic acids is 1. The van der Waals surface area contributed by atoms with Gasteiger partial charge in [0.25, 0.3) is 5.91 Å². The Bertz CT molecular complexity index is 633. The van der Waals surface area contributed by atoms with Crippen LogP contribution in [-0.4, -0.2) is 15.9 Å². The van der Waals surface area contributed by atoms with Crippen molar-refractivity contribution in [2.45, 2.75) is 0 Å². The molecule has 8 heteroatoms. The minimum absolute atomic E-state index is 0.129. The summed E-state index contributed by atoms with van der Waals surface area (Å²) < 4.78 is 0.643. The Hall–Kier alpha value is -1.37. The Morgan fingerprint density at radius 3 is 2.58 bits per heavy atom. The first kappa shape index (κ1) is 14.0. The second-order valence-corrected chi connectivity index (χ2v) is 5.11. The average Bonchev–Trinajstić information content (AvgIpc) is 2.40. The van der Waals surface area contributed by atoms with Gasteiger partial charge in [-0.05, 0) is 28.1 Å². The topological polar surface area (TPSA) is 80.9 Å². The van der Waals surface area contributed by atoms with Crippen molar-refractivity contribution in [1.82, 2.24) is 9.97 Å². The molecule has 0 atom stereocenters. The fourth-order valence-electron chi connectivity index (χ4n) is 1.26. The molecular weight excluding hydrogens is 355 g/mol. The van der Waals surface area contributed by atoms with Crippen LogP contribution in [0.1, 0.15) is 10.5 Å². The first-order chi connectivity index (χ1) is 8.99. The Kier molecular flexibility index (Phi) is 4.24. The monoisotopic (exact) mass is 360 g/mol. The lowest BCUT2D eigenvalue weighted by Gasteiger charge is -2.08. The summed E-state index contributed by atoms with van der Waals surface area (Å²) >= 11 is 15.2. The summed E-state index contributed by atoms with van der Waals surface area (Å²) in [5, 5.41) is 3.16. The number of carbonyl (C=O) groups is 1. The van der Waals surface area contributed by atoms with Crippen molar-refractivity contribution in [2.24, 2.45) is 0 Å². The van der Waals surface area contributed by atoms with Crippen LogP contribution in [0.25, 0.3) is 0 Å². The first-order valence-electron chi connectivity index (χ1n) is 5.01. The molecule has 0 saturated carbocycles. The molecule has 19 heavy (non-hydrogen) atoms. The van der Waals surface area contributed by atoms with Gasteiger partial charge in [-0.1, -0.05) is 23.2 Å². The van der Waals surface area contributed by atoms with Crippen molar-refractivity contribution in [1.29, 1.82) is 0 Å². The summed E-state index contributed by atoms with van der Waals surface area (Å²) in [6.45, 7) is 0. The van der Waals surface area contributed by atoms with E-state index >= 15 is 0 Å². The summed E-state index contributed by atoms with van der Waals surface area (Å²) in [7, 11) is 0. The molecule has 0 spiro atoms. The van der Waals surface area contributed by atoms with E-state index < -0.39 is 5.91 Å². The highest BCUT2D eigenvalue weighted by Gasteiger charge is 2.13. The zero-order valence-corrected chi connectivity index (χ0v) is 12.4. The second-order valence-electron chi connectivity index (χ2n) is 3.50. The molecule has 2 rings (SSSR count). The van der Waals surface area contributed by atoms with Gasteiger partial charge in [-0.2, -0.15) is 0 Å². The highest BCUT2D eigenvalue weighted by molar-refractivity contribution is 9.10. The van der Waals surface area contributed by atoms with Gasteiger partial charge in [0.2, 0.25) is 0 Å². The molecule has 1 heterocycles. The number of amides is 1. The van der Waals surface area contributed by atoms with E-state index in [1.54, 1.807) is 12.1 Å². The third kappa shape index (κ3) is 3.15. The number of nitrogens with two attached hydrogens (primary N) is 1. The van der Waals surface area contributed by atoms with Gasteiger partial charge in [-0.3, -0.25) is 4.79 Å². The number of halogens is 3. The number of hydrogen-bond donors (Lipinski definition) is 2. The quantitative estimate of drug-likeness (QED) is 0.803. The number of aromatic nitrogens is 2. The Balaban J connectivity index is 2.24. The van der Waals surface area contributed by atoms with Crippen LogP contribution in [0, 0.1) is 0 Å². The van der Waals surface area contributed by atoms with Gasteiger partial charge in [-0.15, -0.1) is 0 Å². The molecule has 1 aromatic carbocycles. The molecule has 5 nitrogen and oxygen atoms in total. The molecule has 0 bridgehead atoms. The van der Waals surface area contributed by atoms with E-state index in [1.807, 2.05) is 0 Å². The highest BCUT2D eigenvalue weighted by Crippen LogP contribution is 2.35. The van der Waals surface area contributed by atoms with Crippen LogP contribution in [0.3, 0.4) is 0 Å². The highest BCUT2D eigenvalue weighted by atomic mass is 79.9. The second kappa shape index (κ2) is 5.73.